The van der Waals surface area contributed by atoms with Crippen molar-refractivity contribution in [2.24, 2.45) is 5.84 Å². The van der Waals surface area contributed by atoms with E-state index in [4.69, 9.17) is 17.4 Å². The Morgan fingerprint density at radius 3 is 2.68 bits per heavy atom. The molecule has 0 aliphatic carbocycles. The normalized spacial score (nSPS) is 12.6. The Kier molecular flexibility index (Phi) is 4.93. The summed E-state index contributed by atoms with van der Waals surface area (Å²) in [4.78, 5) is 2.50. The van der Waals surface area contributed by atoms with Crippen LogP contribution in [0.2, 0.25) is 5.02 Å². The average Bonchev–Trinajstić information content (AvgIpc) is 2.87. The fourth-order valence-corrected chi connectivity index (χ4v) is 3.15. The van der Waals surface area contributed by atoms with Gasteiger partial charge < -0.3 is 0 Å². The zero-order valence-corrected chi connectivity index (χ0v) is 12.2. The standard InChI is InChI=1S/C14H16ClFN2S/c1-2-10-4-5-11(19-10)8-14(18-17)12-7-9(15)3-6-13(12)16/h3-7,14,18H,2,8,17H2,1H3. The van der Waals surface area contributed by atoms with E-state index >= 15 is 0 Å². The molecule has 1 unspecified atom stereocenters. The number of hydrogen-bond donors (Lipinski definition) is 2. The molecule has 0 aliphatic heterocycles. The summed E-state index contributed by atoms with van der Waals surface area (Å²) >= 11 is 7.65. The SMILES string of the molecule is CCc1ccc(CC(NN)c2cc(Cl)ccc2F)s1. The molecular weight excluding hydrogens is 283 g/mol. The summed E-state index contributed by atoms with van der Waals surface area (Å²) in [7, 11) is 0. The summed E-state index contributed by atoms with van der Waals surface area (Å²) in [5.41, 5.74) is 3.17. The van der Waals surface area contributed by atoms with Crippen molar-refractivity contribution in [3.63, 3.8) is 0 Å². The van der Waals surface area contributed by atoms with Gasteiger partial charge >= 0.3 is 0 Å². The van der Waals surface area contributed by atoms with Gasteiger partial charge in [0.1, 0.15) is 5.82 Å². The van der Waals surface area contributed by atoms with Gasteiger partial charge in [-0.15, -0.1) is 11.3 Å². The third-order valence-corrected chi connectivity index (χ3v) is 4.49. The van der Waals surface area contributed by atoms with Gasteiger partial charge in [0, 0.05) is 26.8 Å². The minimum absolute atomic E-state index is 0.276. The van der Waals surface area contributed by atoms with Gasteiger partial charge in [0.2, 0.25) is 0 Å². The van der Waals surface area contributed by atoms with E-state index in [9.17, 15) is 4.39 Å². The van der Waals surface area contributed by atoms with E-state index in [1.54, 1.807) is 17.4 Å². The second-order valence-corrected chi connectivity index (χ2v) is 6.00. The highest BCUT2D eigenvalue weighted by atomic mass is 35.5. The molecule has 0 bridgehead atoms. The number of thiophene rings is 1. The molecule has 3 N–H and O–H groups in total. The number of nitrogens with two attached hydrogens (primary N) is 1. The molecule has 0 spiro atoms. The average molecular weight is 299 g/mol. The van der Waals surface area contributed by atoms with Crippen molar-refractivity contribution >= 4 is 22.9 Å². The Bertz CT molecular complexity index is 556. The van der Waals surface area contributed by atoms with E-state index in [1.165, 1.54) is 21.9 Å². The van der Waals surface area contributed by atoms with Gasteiger partial charge in [-0.25, -0.2) is 4.39 Å². The van der Waals surface area contributed by atoms with Crippen LogP contribution >= 0.6 is 22.9 Å². The zero-order valence-electron chi connectivity index (χ0n) is 10.6. The zero-order chi connectivity index (χ0) is 13.8. The van der Waals surface area contributed by atoms with Crippen molar-refractivity contribution in [3.05, 3.63) is 56.5 Å². The lowest BCUT2D eigenvalue weighted by Crippen LogP contribution is -2.30. The molecule has 0 saturated heterocycles. The number of benzene rings is 1. The molecule has 2 nitrogen and oxygen atoms in total. The van der Waals surface area contributed by atoms with Crippen molar-refractivity contribution in [2.75, 3.05) is 0 Å². The number of nitrogens with one attached hydrogen (secondary N) is 1. The molecule has 2 rings (SSSR count). The van der Waals surface area contributed by atoms with E-state index in [1.807, 2.05) is 0 Å². The lowest BCUT2D eigenvalue weighted by Gasteiger charge is -2.16. The lowest BCUT2D eigenvalue weighted by atomic mass is 10.0. The first kappa shape index (κ1) is 14.5. The molecule has 19 heavy (non-hydrogen) atoms. The Labute approximate surface area is 121 Å². The fraction of sp³-hybridized carbons (Fsp3) is 0.286. The number of hydrazine groups is 1. The van der Waals surface area contributed by atoms with Gasteiger partial charge in [-0.3, -0.25) is 11.3 Å². The number of halogens is 2. The molecule has 2 aromatic rings. The summed E-state index contributed by atoms with van der Waals surface area (Å²) < 4.78 is 13.8. The van der Waals surface area contributed by atoms with Crippen LogP contribution in [0.5, 0.6) is 0 Å². The maximum absolute atomic E-state index is 13.8. The van der Waals surface area contributed by atoms with Crippen molar-refractivity contribution in [1.29, 1.82) is 0 Å². The van der Waals surface area contributed by atoms with Crippen LogP contribution in [0, 0.1) is 5.82 Å². The fourth-order valence-electron chi connectivity index (χ4n) is 1.96. The first-order valence-corrected chi connectivity index (χ1v) is 7.32. The van der Waals surface area contributed by atoms with Gasteiger partial charge in [-0.2, -0.15) is 0 Å². The minimum Gasteiger partial charge on any atom is -0.271 e. The van der Waals surface area contributed by atoms with E-state index in [0.29, 0.717) is 17.0 Å². The van der Waals surface area contributed by atoms with Crippen molar-refractivity contribution in [1.82, 2.24) is 5.43 Å². The largest absolute Gasteiger partial charge is 0.271 e. The van der Waals surface area contributed by atoms with Gasteiger partial charge in [0.15, 0.2) is 0 Å². The molecule has 0 fully saturated rings. The van der Waals surface area contributed by atoms with Gasteiger partial charge in [0.25, 0.3) is 0 Å². The van der Waals surface area contributed by atoms with Crippen molar-refractivity contribution in [2.45, 2.75) is 25.8 Å². The summed E-state index contributed by atoms with van der Waals surface area (Å²) in [5.74, 6) is 5.26. The van der Waals surface area contributed by atoms with Crippen molar-refractivity contribution in [3.8, 4) is 0 Å². The maximum Gasteiger partial charge on any atom is 0.128 e. The molecule has 0 saturated carbocycles. The number of hydrogen-bond acceptors (Lipinski definition) is 3. The second kappa shape index (κ2) is 6.48. The highest BCUT2D eigenvalue weighted by molar-refractivity contribution is 7.11. The molecule has 1 aromatic carbocycles. The molecular formula is C14H16ClFN2S. The van der Waals surface area contributed by atoms with E-state index in [0.717, 1.165) is 6.42 Å². The highest BCUT2D eigenvalue weighted by Crippen LogP contribution is 2.27. The molecule has 0 aliphatic rings. The molecule has 1 heterocycles. The first-order chi connectivity index (χ1) is 9.13. The molecule has 1 atom stereocenters. The predicted octanol–water partition coefficient (Wildman–Crippen LogP) is 3.85. The monoisotopic (exact) mass is 298 g/mol. The van der Waals surface area contributed by atoms with Crippen LogP contribution in [0.4, 0.5) is 4.39 Å². The molecule has 0 amide bonds. The van der Waals surface area contributed by atoms with Gasteiger partial charge in [-0.1, -0.05) is 18.5 Å². The van der Waals surface area contributed by atoms with E-state index in [2.05, 4.69) is 24.5 Å². The second-order valence-electron chi connectivity index (χ2n) is 4.31. The summed E-state index contributed by atoms with van der Waals surface area (Å²) in [6.45, 7) is 2.12. The summed E-state index contributed by atoms with van der Waals surface area (Å²) in [5, 5.41) is 0.511. The summed E-state index contributed by atoms with van der Waals surface area (Å²) in [6.07, 6.45) is 1.66. The predicted molar refractivity (Wildman–Crippen MR) is 78.9 cm³/mol. The Balaban J connectivity index is 2.22. The molecule has 5 heteroatoms. The molecule has 0 radical (unpaired) electrons. The van der Waals surface area contributed by atoms with Crippen LogP contribution in [0.25, 0.3) is 0 Å². The van der Waals surface area contributed by atoms with Crippen LogP contribution in [0.15, 0.2) is 30.3 Å². The van der Waals surface area contributed by atoms with E-state index < -0.39 is 0 Å². The third-order valence-electron chi connectivity index (χ3n) is 3.01. The van der Waals surface area contributed by atoms with Crippen LogP contribution in [-0.2, 0) is 12.8 Å². The minimum atomic E-state index is -0.292. The van der Waals surface area contributed by atoms with Gasteiger partial charge in [0.05, 0.1) is 6.04 Å². The Morgan fingerprint density at radius 1 is 1.32 bits per heavy atom. The lowest BCUT2D eigenvalue weighted by molar-refractivity contribution is 0.513. The smallest absolute Gasteiger partial charge is 0.128 e. The van der Waals surface area contributed by atoms with Crippen LogP contribution in [0.1, 0.15) is 28.3 Å². The Morgan fingerprint density at radius 2 is 2.05 bits per heavy atom. The highest BCUT2D eigenvalue weighted by Gasteiger charge is 2.16. The quantitative estimate of drug-likeness (QED) is 0.650. The van der Waals surface area contributed by atoms with Crippen LogP contribution in [0.3, 0.4) is 0 Å². The van der Waals surface area contributed by atoms with E-state index in [-0.39, 0.29) is 11.9 Å². The molecule has 1 aromatic heterocycles. The topological polar surface area (TPSA) is 38.0 Å². The van der Waals surface area contributed by atoms with Crippen LogP contribution < -0.4 is 11.3 Å². The van der Waals surface area contributed by atoms with Gasteiger partial charge in [-0.05, 0) is 36.8 Å². The number of rotatable bonds is 5. The molecule has 102 valence electrons. The first-order valence-electron chi connectivity index (χ1n) is 6.12. The maximum atomic E-state index is 13.8. The third kappa shape index (κ3) is 3.54. The van der Waals surface area contributed by atoms with Crippen molar-refractivity contribution < 1.29 is 4.39 Å². The Hall–Kier alpha value is -0.940. The number of aryl methyl sites for hydroxylation is 1. The van der Waals surface area contributed by atoms with Crippen LogP contribution in [-0.4, -0.2) is 0 Å². The summed E-state index contributed by atoms with van der Waals surface area (Å²) in [6, 6.07) is 8.41.